The van der Waals surface area contributed by atoms with Gasteiger partial charge in [-0.2, -0.15) is 0 Å². The van der Waals surface area contributed by atoms with Gasteiger partial charge < -0.3 is 5.32 Å². The first-order valence-electron chi connectivity index (χ1n) is 7.42. The zero-order chi connectivity index (χ0) is 18.0. The van der Waals surface area contributed by atoms with Gasteiger partial charge in [0.2, 0.25) is 5.91 Å². The van der Waals surface area contributed by atoms with Crippen molar-refractivity contribution in [1.82, 2.24) is 9.78 Å². The number of aromatic amines is 1. The number of fused-ring (bicyclic) bond motifs is 1. The predicted molar refractivity (Wildman–Crippen MR) is 98.5 cm³/mol. The van der Waals surface area contributed by atoms with E-state index in [1.54, 1.807) is 42.5 Å². The van der Waals surface area contributed by atoms with Crippen molar-refractivity contribution in [2.75, 3.05) is 5.32 Å². The minimum atomic E-state index is -0.378. The Bertz CT molecular complexity index is 1050. The van der Waals surface area contributed by atoms with E-state index in [1.165, 1.54) is 0 Å². The average Bonchev–Trinajstić information content (AvgIpc) is 2.56. The van der Waals surface area contributed by atoms with Gasteiger partial charge in [-0.25, -0.2) is 4.68 Å². The number of anilines is 1. The Morgan fingerprint density at radius 1 is 1.04 bits per heavy atom. The van der Waals surface area contributed by atoms with Gasteiger partial charge in [-0.3, -0.25) is 19.5 Å². The SMILES string of the molecule is O=C(CCn1[nH]c(=O)c2ccccc2c1=O)Nc1cc(Cl)cc(Cl)c1. The van der Waals surface area contributed by atoms with E-state index < -0.39 is 0 Å². The molecule has 1 heterocycles. The highest BCUT2D eigenvalue weighted by Crippen LogP contribution is 2.22. The van der Waals surface area contributed by atoms with Crippen LogP contribution in [0, 0.1) is 0 Å². The molecule has 2 aromatic carbocycles. The number of H-pyrrole nitrogens is 1. The molecule has 0 atom stereocenters. The molecule has 0 fully saturated rings. The zero-order valence-electron chi connectivity index (χ0n) is 12.9. The number of aromatic nitrogens is 2. The first-order chi connectivity index (χ1) is 11.9. The Hall–Kier alpha value is -2.57. The molecule has 0 unspecified atom stereocenters. The number of carbonyl (C=O) groups excluding carboxylic acids is 1. The molecule has 1 aromatic heterocycles. The van der Waals surface area contributed by atoms with E-state index in [1.807, 2.05) is 0 Å². The van der Waals surface area contributed by atoms with Crippen LogP contribution >= 0.6 is 23.2 Å². The number of benzene rings is 2. The van der Waals surface area contributed by atoms with Crippen LogP contribution in [0.25, 0.3) is 10.8 Å². The van der Waals surface area contributed by atoms with Crippen LogP contribution < -0.4 is 16.4 Å². The topological polar surface area (TPSA) is 84.0 Å². The summed E-state index contributed by atoms with van der Waals surface area (Å²) >= 11 is 11.8. The Morgan fingerprint density at radius 3 is 2.36 bits per heavy atom. The number of hydrogen-bond donors (Lipinski definition) is 2. The number of carbonyl (C=O) groups is 1. The molecular formula is C17H13Cl2N3O3. The fourth-order valence-corrected chi connectivity index (χ4v) is 2.99. The van der Waals surface area contributed by atoms with Crippen molar-refractivity contribution in [2.24, 2.45) is 0 Å². The van der Waals surface area contributed by atoms with Gasteiger partial charge in [0, 0.05) is 22.2 Å². The minimum Gasteiger partial charge on any atom is -0.326 e. The maximum atomic E-state index is 12.4. The Labute approximate surface area is 152 Å². The third-order valence-corrected chi connectivity index (χ3v) is 4.03. The maximum absolute atomic E-state index is 12.4. The van der Waals surface area contributed by atoms with Crippen molar-refractivity contribution in [2.45, 2.75) is 13.0 Å². The van der Waals surface area contributed by atoms with Crippen molar-refractivity contribution in [1.29, 1.82) is 0 Å². The first kappa shape index (κ1) is 17.3. The number of rotatable bonds is 4. The summed E-state index contributed by atoms with van der Waals surface area (Å²) in [6.07, 6.45) is -0.00167. The monoisotopic (exact) mass is 377 g/mol. The molecule has 0 saturated heterocycles. The highest BCUT2D eigenvalue weighted by Gasteiger charge is 2.09. The number of aryl methyl sites for hydroxylation is 1. The van der Waals surface area contributed by atoms with Gasteiger partial charge in [-0.15, -0.1) is 0 Å². The Balaban J connectivity index is 1.76. The van der Waals surface area contributed by atoms with Crippen LogP contribution in [0.1, 0.15) is 6.42 Å². The van der Waals surface area contributed by atoms with Crippen LogP contribution in [-0.4, -0.2) is 15.7 Å². The van der Waals surface area contributed by atoms with Gasteiger partial charge in [0.15, 0.2) is 0 Å². The average molecular weight is 378 g/mol. The molecule has 0 aliphatic carbocycles. The van der Waals surface area contributed by atoms with E-state index in [0.29, 0.717) is 26.5 Å². The fourth-order valence-electron chi connectivity index (χ4n) is 2.47. The lowest BCUT2D eigenvalue weighted by Gasteiger charge is -2.08. The van der Waals surface area contributed by atoms with E-state index in [2.05, 4.69) is 10.4 Å². The molecule has 0 bridgehead atoms. The molecule has 3 aromatic rings. The maximum Gasteiger partial charge on any atom is 0.273 e. The molecule has 25 heavy (non-hydrogen) atoms. The van der Waals surface area contributed by atoms with Crippen molar-refractivity contribution < 1.29 is 4.79 Å². The van der Waals surface area contributed by atoms with Gasteiger partial charge >= 0.3 is 0 Å². The van der Waals surface area contributed by atoms with Gasteiger partial charge in [0.25, 0.3) is 11.1 Å². The molecule has 0 spiro atoms. The van der Waals surface area contributed by atoms with Gasteiger partial charge in [-0.1, -0.05) is 35.3 Å². The molecule has 6 nitrogen and oxygen atoms in total. The summed E-state index contributed by atoms with van der Waals surface area (Å²) in [5.74, 6) is -0.334. The third-order valence-electron chi connectivity index (χ3n) is 3.59. The normalized spacial score (nSPS) is 10.8. The summed E-state index contributed by atoms with van der Waals surface area (Å²) < 4.78 is 1.13. The predicted octanol–water partition coefficient (Wildman–Crippen LogP) is 3.03. The van der Waals surface area contributed by atoms with Crippen molar-refractivity contribution in [3.63, 3.8) is 0 Å². The minimum absolute atomic E-state index is 0.00167. The Morgan fingerprint density at radius 2 is 1.68 bits per heavy atom. The van der Waals surface area contributed by atoms with Crippen LogP contribution in [0.15, 0.2) is 52.1 Å². The van der Waals surface area contributed by atoms with Crippen LogP contribution in [0.2, 0.25) is 10.0 Å². The molecule has 0 aliphatic rings. The summed E-state index contributed by atoms with van der Waals surface area (Å²) in [7, 11) is 0. The van der Waals surface area contributed by atoms with Gasteiger partial charge in [0.05, 0.1) is 17.3 Å². The molecule has 3 rings (SSSR count). The lowest BCUT2D eigenvalue weighted by molar-refractivity contribution is -0.116. The third kappa shape index (κ3) is 3.92. The second kappa shape index (κ2) is 7.13. The van der Waals surface area contributed by atoms with Crippen LogP contribution in [0.5, 0.6) is 0 Å². The molecule has 2 N–H and O–H groups in total. The fraction of sp³-hybridized carbons (Fsp3) is 0.118. The van der Waals surface area contributed by atoms with Crippen molar-refractivity contribution >= 4 is 45.6 Å². The van der Waals surface area contributed by atoms with E-state index in [0.717, 1.165) is 4.68 Å². The number of hydrogen-bond acceptors (Lipinski definition) is 3. The quantitative estimate of drug-likeness (QED) is 0.732. The van der Waals surface area contributed by atoms with Crippen molar-refractivity contribution in [3.8, 4) is 0 Å². The van der Waals surface area contributed by atoms with Crippen LogP contribution in [0.4, 0.5) is 5.69 Å². The lowest BCUT2D eigenvalue weighted by Crippen LogP contribution is -2.31. The number of halogens is 2. The van der Waals surface area contributed by atoms with E-state index in [-0.39, 0.29) is 30.0 Å². The van der Waals surface area contributed by atoms with E-state index >= 15 is 0 Å². The standard InChI is InChI=1S/C17H13Cl2N3O3/c18-10-7-11(19)9-12(8-10)20-15(23)5-6-22-17(25)14-4-2-1-3-13(14)16(24)21-22/h1-4,7-9H,5-6H2,(H,20,23)(H,21,24). The smallest absolute Gasteiger partial charge is 0.273 e. The highest BCUT2D eigenvalue weighted by atomic mass is 35.5. The summed E-state index contributed by atoms with van der Waals surface area (Å²) in [5.41, 5.74) is -0.270. The molecular weight excluding hydrogens is 365 g/mol. The second-order valence-electron chi connectivity index (χ2n) is 5.40. The molecule has 0 radical (unpaired) electrons. The highest BCUT2D eigenvalue weighted by molar-refractivity contribution is 6.35. The summed E-state index contributed by atoms with van der Waals surface area (Å²) in [5, 5.41) is 6.57. The second-order valence-corrected chi connectivity index (χ2v) is 6.27. The van der Waals surface area contributed by atoms with Gasteiger partial charge in [-0.05, 0) is 30.3 Å². The summed E-state index contributed by atoms with van der Waals surface area (Å²) in [6.45, 7) is 0.0407. The van der Waals surface area contributed by atoms with Crippen LogP contribution in [0.3, 0.4) is 0 Å². The number of nitrogens with one attached hydrogen (secondary N) is 2. The molecule has 8 heteroatoms. The molecule has 0 saturated carbocycles. The number of amides is 1. The number of nitrogens with zero attached hydrogens (tertiary/aromatic N) is 1. The van der Waals surface area contributed by atoms with Crippen LogP contribution in [-0.2, 0) is 11.3 Å². The summed E-state index contributed by atoms with van der Waals surface area (Å²) in [6, 6.07) is 11.2. The molecule has 1 amide bonds. The largest absolute Gasteiger partial charge is 0.326 e. The Kier molecular flexibility index (Phi) is 4.92. The van der Waals surface area contributed by atoms with Gasteiger partial charge in [0.1, 0.15) is 0 Å². The van der Waals surface area contributed by atoms with E-state index in [9.17, 15) is 14.4 Å². The summed E-state index contributed by atoms with van der Waals surface area (Å²) in [4.78, 5) is 36.4. The molecule has 0 aliphatic heterocycles. The lowest BCUT2D eigenvalue weighted by atomic mass is 10.2. The van der Waals surface area contributed by atoms with Crippen molar-refractivity contribution in [3.05, 3.63) is 73.2 Å². The molecule has 128 valence electrons. The zero-order valence-corrected chi connectivity index (χ0v) is 14.4. The van der Waals surface area contributed by atoms with E-state index in [4.69, 9.17) is 23.2 Å². The first-order valence-corrected chi connectivity index (χ1v) is 8.17.